The molecule has 0 aromatic carbocycles. The zero-order valence-electron chi connectivity index (χ0n) is 22.4. The maximum atomic E-state index is 2.36. The second kappa shape index (κ2) is 21.8. The third kappa shape index (κ3) is 16.3. The highest BCUT2D eigenvalue weighted by Gasteiger charge is 2.22. The van der Waals surface area contributed by atoms with Crippen LogP contribution < -0.4 is 0 Å². The second-order valence-electron chi connectivity index (χ2n) is 11.2. The van der Waals surface area contributed by atoms with Crippen molar-refractivity contribution in [3.8, 4) is 0 Å². The lowest BCUT2D eigenvalue weighted by molar-refractivity contribution is 0.218. The van der Waals surface area contributed by atoms with Crippen molar-refractivity contribution in [1.29, 1.82) is 0 Å². The summed E-state index contributed by atoms with van der Waals surface area (Å²) >= 11 is 0. The van der Waals surface area contributed by atoms with Gasteiger partial charge in [0.15, 0.2) is 0 Å². The largest absolute Gasteiger partial charge is 0.0654 e. The third-order valence-corrected chi connectivity index (χ3v) is 8.35. The predicted octanol–water partition coefficient (Wildman–Crippen LogP) is 11.7. The lowest BCUT2D eigenvalue weighted by Gasteiger charge is -2.30. The SMILES string of the molecule is CCCCCCC(CCC)C1CCCCC1.CCCCCCCCCC1CCCCC1. The zero-order chi connectivity index (χ0) is 22.4. The Morgan fingerprint density at radius 1 is 0.484 bits per heavy atom. The molecule has 2 aliphatic carbocycles. The van der Waals surface area contributed by atoms with Crippen molar-refractivity contribution in [1.82, 2.24) is 0 Å². The summed E-state index contributed by atoms with van der Waals surface area (Å²) in [5.74, 6) is 3.27. The molecule has 0 spiro atoms. The molecule has 0 aliphatic heterocycles. The quantitative estimate of drug-likeness (QED) is 0.212. The second-order valence-corrected chi connectivity index (χ2v) is 11.2. The summed E-state index contributed by atoms with van der Waals surface area (Å²) in [7, 11) is 0. The van der Waals surface area contributed by atoms with E-state index in [0.29, 0.717) is 0 Å². The average Bonchev–Trinajstić information content (AvgIpc) is 2.82. The molecule has 0 nitrogen and oxygen atoms in total. The molecule has 0 N–H and O–H groups in total. The van der Waals surface area contributed by atoms with E-state index in [0.717, 1.165) is 17.8 Å². The van der Waals surface area contributed by atoms with E-state index in [1.54, 1.807) is 12.8 Å². The molecule has 0 bridgehead atoms. The third-order valence-electron chi connectivity index (χ3n) is 8.35. The Morgan fingerprint density at radius 2 is 1.00 bits per heavy atom. The van der Waals surface area contributed by atoms with Gasteiger partial charge in [-0.05, 0) is 17.8 Å². The molecule has 0 saturated heterocycles. The van der Waals surface area contributed by atoms with Crippen LogP contribution in [0.4, 0.5) is 0 Å². The Bertz CT molecular complexity index is 334. The fourth-order valence-corrected chi connectivity index (χ4v) is 6.29. The molecule has 0 radical (unpaired) electrons. The van der Waals surface area contributed by atoms with Crippen molar-refractivity contribution in [3.05, 3.63) is 0 Å². The highest BCUT2D eigenvalue weighted by molar-refractivity contribution is 4.74. The highest BCUT2D eigenvalue weighted by atomic mass is 14.3. The fraction of sp³-hybridized carbons (Fsp3) is 1.00. The normalized spacial score (nSPS) is 19.1. The van der Waals surface area contributed by atoms with Crippen LogP contribution in [0.2, 0.25) is 0 Å². The monoisotopic (exact) mass is 434 g/mol. The first kappa shape index (κ1) is 29.0. The molecule has 2 saturated carbocycles. The van der Waals surface area contributed by atoms with Crippen molar-refractivity contribution < 1.29 is 0 Å². The standard InChI is InChI=1S/C16H32.C15H30/c1-3-5-6-8-12-15(11-4-2)16-13-9-7-10-14-16;1-2-3-4-5-6-7-9-12-15-13-10-8-11-14-15/h15-16H,3-14H2,1-2H3;15H,2-14H2,1H3. The van der Waals surface area contributed by atoms with Crippen LogP contribution in [0.25, 0.3) is 0 Å². The van der Waals surface area contributed by atoms with Crippen molar-refractivity contribution in [2.24, 2.45) is 17.8 Å². The van der Waals surface area contributed by atoms with Crippen molar-refractivity contribution >= 4 is 0 Å². The molecule has 0 amide bonds. The molecular formula is C31H62. The molecule has 0 heterocycles. The Labute approximate surface area is 199 Å². The molecule has 31 heavy (non-hydrogen) atoms. The van der Waals surface area contributed by atoms with Crippen LogP contribution in [0, 0.1) is 17.8 Å². The van der Waals surface area contributed by atoms with E-state index in [9.17, 15) is 0 Å². The van der Waals surface area contributed by atoms with Crippen LogP contribution in [0.15, 0.2) is 0 Å². The van der Waals surface area contributed by atoms with Crippen molar-refractivity contribution in [2.75, 3.05) is 0 Å². The van der Waals surface area contributed by atoms with Crippen LogP contribution in [0.5, 0.6) is 0 Å². The van der Waals surface area contributed by atoms with Gasteiger partial charge in [-0.1, -0.05) is 181 Å². The summed E-state index contributed by atoms with van der Waals surface area (Å²) in [5, 5.41) is 0. The van der Waals surface area contributed by atoms with Gasteiger partial charge in [-0.25, -0.2) is 0 Å². The van der Waals surface area contributed by atoms with Gasteiger partial charge in [0.25, 0.3) is 0 Å². The number of unbranched alkanes of at least 4 members (excludes halogenated alkanes) is 9. The fourth-order valence-electron chi connectivity index (χ4n) is 6.29. The van der Waals surface area contributed by atoms with E-state index in [-0.39, 0.29) is 0 Å². The summed E-state index contributed by atoms with van der Waals surface area (Å²) in [5.41, 5.74) is 0. The Kier molecular flexibility index (Phi) is 20.4. The van der Waals surface area contributed by atoms with Gasteiger partial charge >= 0.3 is 0 Å². The van der Waals surface area contributed by atoms with Crippen molar-refractivity contribution in [3.63, 3.8) is 0 Å². The summed E-state index contributed by atoms with van der Waals surface area (Å²) in [4.78, 5) is 0. The maximum absolute atomic E-state index is 2.36. The van der Waals surface area contributed by atoms with Crippen LogP contribution in [-0.4, -0.2) is 0 Å². The van der Waals surface area contributed by atoms with Crippen LogP contribution >= 0.6 is 0 Å². The molecule has 1 unspecified atom stereocenters. The number of rotatable bonds is 16. The molecular weight excluding hydrogens is 372 g/mol. The Balaban J connectivity index is 0.000000311. The van der Waals surface area contributed by atoms with Gasteiger partial charge in [-0.3, -0.25) is 0 Å². The van der Waals surface area contributed by atoms with Crippen LogP contribution in [0.3, 0.4) is 0 Å². The first-order chi connectivity index (χ1) is 15.3. The zero-order valence-corrected chi connectivity index (χ0v) is 22.4. The molecule has 0 aromatic rings. The molecule has 0 heteroatoms. The highest BCUT2D eigenvalue weighted by Crippen LogP contribution is 2.35. The summed E-state index contributed by atoms with van der Waals surface area (Å²) < 4.78 is 0. The lowest BCUT2D eigenvalue weighted by Crippen LogP contribution is -2.18. The first-order valence-electron chi connectivity index (χ1n) is 15.3. The number of hydrogen-bond donors (Lipinski definition) is 0. The van der Waals surface area contributed by atoms with Gasteiger partial charge in [-0.2, -0.15) is 0 Å². The summed E-state index contributed by atoms with van der Waals surface area (Å²) in [6.07, 6.45) is 37.3. The van der Waals surface area contributed by atoms with Crippen molar-refractivity contribution in [2.45, 2.75) is 181 Å². The van der Waals surface area contributed by atoms with Gasteiger partial charge in [0.1, 0.15) is 0 Å². The topological polar surface area (TPSA) is 0 Å². The maximum Gasteiger partial charge on any atom is -0.0386 e. The van der Waals surface area contributed by atoms with E-state index in [2.05, 4.69) is 20.8 Å². The molecule has 1 atom stereocenters. The van der Waals surface area contributed by atoms with Gasteiger partial charge in [-0.15, -0.1) is 0 Å². The molecule has 0 aromatic heterocycles. The van der Waals surface area contributed by atoms with Crippen LogP contribution in [0.1, 0.15) is 181 Å². The molecule has 2 rings (SSSR count). The predicted molar refractivity (Wildman–Crippen MR) is 143 cm³/mol. The Hall–Kier alpha value is 0. The van der Waals surface area contributed by atoms with E-state index < -0.39 is 0 Å². The lowest BCUT2D eigenvalue weighted by atomic mass is 9.76. The summed E-state index contributed by atoms with van der Waals surface area (Å²) in [6, 6.07) is 0. The smallest absolute Gasteiger partial charge is 0.0386 e. The minimum atomic E-state index is 1.07. The average molecular weight is 435 g/mol. The molecule has 2 fully saturated rings. The minimum absolute atomic E-state index is 1.07. The Morgan fingerprint density at radius 3 is 1.58 bits per heavy atom. The summed E-state index contributed by atoms with van der Waals surface area (Å²) in [6.45, 7) is 6.97. The van der Waals surface area contributed by atoms with Gasteiger partial charge in [0.05, 0.1) is 0 Å². The van der Waals surface area contributed by atoms with Crippen LogP contribution in [-0.2, 0) is 0 Å². The van der Waals surface area contributed by atoms with Gasteiger partial charge < -0.3 is 0 Å². The van der Waals surface area contributed by atoms with E-state index in [1.165, 1.54) is 148 Å². The van der Waals surface area contributed by atoms with E-state index in [4.69, 9.17) is 0 Å². The first-order valence-corrected chi connectivity index (χ1v) is 15.3. The van der Waals surface area contributed by atoms with E-state index in [1.807, 2.05) is 0 Å². The minimum Gasteiger partial charge on any atom is -0.0654 e. The number of hydrogen-bond acceptors (Lipinski definition) is 0. The molecule has 186 valence electrons. The van der Waals surface area contributed by atoms with Gasteiger partial charge in [0, 0.05) is 0 Å². The van der Waals surface area contributed by atoms with E-state index >= 15 is 0 Å². The van der Waals surface area contributed by atoms with Gasteiger partial charge in [0.2, 0.25) is 0 Å². The molecule has 2 aliphatic rings.